The number of hydrogen-bond donors (Lipinski definition) is 0. The van der Waals surface area contributed by atoms with Crippen molar-refractivity contribution in [3.05, 3.63) is 42.0 Å². The zero-order valence-electron chi connectivity index (χ0n) is 15.5. The third kappa shape index (κ3) is 3.56. The zero-order valence-corrected chi connectivity index (χ0v) is 15.5. The standard InChI is InChI=1S/C20H28N4O2/c1-22-11-4-7-19(22)20(25)23-13-17-8-10-21-24(17)12-9-18(23)15-26-14-16-5-2-3-6-16/h4,7-8,10-11,16,18H,2-3,5-6,9,12-15H2,1H3. The Kier molecular flexibility index (Phi) is 5.11. The van der Waals surface area contributed by atoms with Crippen LogP contribution in [0.5, 0.6) is 0 Å². The van der Waals surface area contributed by atoms with Crippen molar-refractivity contribution in [2.24, 2.45) is 13.0 Å². The number of carbonyl (C=O) groups is 1. The van der Waals surface area contributed by atoms with Crippen LogP contribution in [-0.4, -0.2) is 44.4 Å². The highest BCUT2D eigenvalue weighted by Gasteiger charge is 2.30. The molecule has 4 rings (SSSR count). The third-order valence-corrected chi connectivity index (χ3v) is 5.81. The van der Waals surface area contributed by atoms with E-state index >= 15 is 0 Å². The Morgan fingerprint density at radius 1 is 1.23 bits per heavy atom. The van der Waals surface area contributed by atoms with Gasteiger partial charge in [-0.3, -0.25) is 9.48 Å². The van der Waals surface area contributed by atoms with Crippen molar-refractivity contribution in [2.45, 2.75) is 51.2 Å². The van der Waals surface area contributed by atoms with Crippen molar-refractivity contribution in [3.8, 4) is 0 Å². The van der Waals surface area contributed by atoms with Crippen LogP contribution < -0.4 is 0 Å². The summed E-state index contributed by atoms with van der Waals surface area (Å²) in [7, 11) is 1.92. The lowest BCUT2D eigenvalue weighted by Gasteiger charge is -2.30. The Hall–Kier alpha value is -2.08. The van der Waals surface area contributed by atoms with Crippen LogP contribution in [0.25, 0.3) is 0 Å². The summed E-state index contributed by atoms with van der Waals surface area (Å²) >= 11 is 0. The van der Waals surface area contributed by atoms with Crippen LogP contribution in [0.2, 0.25) is 0 Å². The molecule has 2 aromatic heterocycles. The van der Waals surface area contributed by atoms with Gasteiger partial charge in [0.25, 0.3) is 5.91 Å². The molecule has 1 saturated carbocycles. The topological polar surface area (TPSA) is 52.3 Å². The van der Waals surface area contributed by atoms with Gasteiger partial charge in [-0.1, -0.05) is 12.8 Å². The van der Waals surface area contributed by atoms with Gasteiger partial charge in [-0.05, 0) is 43.4 Å². The first-order valence-electron chi connectivity index (χ1n) is 9.73. The fourth-order valence-corrected chi connectivity index (χ4v) is 4.22. The Morgan fingerprint density at radius 3 is 2.85 bits per heavy atom. The van der Waals surface area contributed by atoms with Crippen LogP contribution in [0.4, 0.5) is 0 Å². The van der Waals surface area contributed by atoms with Crippen molar-refractivity contribution in [1.82, 2.24) is 19.2 Å². The second-order valence-electron chi connectivity index (χ2n) is 7.61. The molecule has 140 valence electrons. The minimum atomic E-state index is 0.0709. The normalized spacial score (nSPS) is 21.0. The van der Waals surface area contributed by atoms with Crippen molar-refractivity contribution in [2.75, 3.05) is 13.2 Å². The van der Waals surface area contributed by atoms with E-state index in [4.69, 9.17) is 4.74 Å². The number of aryl methyl sites for hydroxylation is 2. The molecule has 2 aliphatic rings. The highest BCUT2D eigenvalue weighted by atomic mass is 16.5. The van der Waals surface area contributed by atoms with Gasteiger partial charge in [-0.15, -0.1) is 0 Å². The first-order valence-corrected chi connectivity index (χ1v) is 9.73. The van der Waals surface area contributed by atoms with E-state index in [0.29, 0.717) is 19.1 Å². The smallest absolute Gasteiger partial charge is 0.271 e. The number of fused-ring (bicyclic) bond motifs is 1. The number of hydrogen-bond acceptors (Lipinski definition) is 3. The van der Waals surface area contributed by atoms with Crippen molar-refractivity contribution in [1.29, 1.82) is 0 Å². The van der Waals surface area contributed by atoms with Crippen molar-refractivity contribution in [3.63, 3.8) is 0 Å². The highest BCUT2D eigenvalue weighted by molar-refractivity contribution is 5.93. The first kappa shape index (κ1) is 17.3. The van der Waals surface area contributed by atoms with E-state index in [1.165, 1.54) is 25.7 Å². The summed E-state index contributed by atoms with van der Waals surface area (Å²) in [5.74, 6) is 0.773. The third-order valence-electron chi connectivity index (χ3n) is 5.81. The van der Waals surface area contributed by atoms with Crippen LogP contribution in [0.1, 0.15) is 48.3 Å². The molecule has 0 bridgehead atoms. The molecule has 0 saturated heterocycles. The van der Waals surface area contributed by atoms with Gasteiger partial charge in [0.1, 0.15) is 5.69 Å². The molecule has 0 N–H and O–H groups in total. The second kappa shape index (κ2) is 7.66. The molecule has 2 aromatic rings. The van der Waals surface area contributed by atoms with Gasteiger partial charge >= 0.3 is 0 Å². The number of nitrogens with zero attached hydrogens (tertiary/aromatic N) is 4. The van der Waals surface area contributed by atoms with E-state index in [1.54, 1.807) is 0 Å². The van der Waals surface area contributed by atoms with Gasteiger partial charge in [0.05, 0.1) is 24.9 Å². The molecule has 1 amide bonds. The fraction of sp³-hybridized carbons (Fsp3) is 0.600. The molecule has 0 radical (unpaired) electrons. The number of carbonyl (C=O) groups excluding carboxylic acids is 1. The maximum absolute atomic E-state index is 13.2. The molecule has 0 aromatic carbocycles. The summed E-state index contributed by atoms with van der Waals surface area (Å²) in [6.07, 6.45) is 9.83. The minimum Gasteiger partial charge on any atom is -0.379 e. The van der Waals surface area contributed by atoms with Gasteiger partial charge in [0.15, 0.2) is 0 Å². The molecule has 1 aliphatic heterocycles. The zero-order chi connectivity index (χ0) is 17.9. The summed E-state index contributed by atoms with van der Waals surface area (Å²) in [6, 6.07) is 5.90. The second-order valence-corrected chi connectivity index (χ2v) is 7.61. The number of amides is 1. The first-order chi connectivity index (χ1) is 12.7. The lowest BCUT2D eigenvalue weighted by Crippen LogP contribution is -2.42. The van der Waals surface area contributed by atoms with E-state index in [9.17, 15) is 4.79 Å². The molecule has 6 nitrogen and oxygen atoms in total. The van der Waals surface area contributed by atoms with Gasteiger partial charge in [0.2, 0.25) is 0 Å². The lowest BCUT2D eigenvalue weighted by molar-refractivity contribution is 0.0301. The monoisotopic (exact) mass is 356 g/mol. The van der Waals surface area contributed by atoms with Crippen molar-refractivity contribution >= 4 is 5.91 Å². The van der Waals surface area contributed by atoms with E-state index in [0.717, 1.165) is 31.0 Å². The maximum atomic E-state index is 13.2. The van der Waals surface area contributed by atoms with E-state index in [2.05, 4.69) is 5.10 Å². The molecule has 26 heavy (non-hydrogen) atoms. The molecule has 6 heteroatoms. The van der Waals surface area contributed by atoms with E-state index in [1.807, 2.05) is 51.8 Å². The molecule has 1 fully saturated rings. The molecule has 1 atom stereocenters. The highest BCUT2D eigenvalue weighted by Crippen LogP contribution is 2.25. The van der Waals surface area contributed by atoms with Crippen LogP contribution in [-0.2, 0) is 24.9 Å². The summed E-state index contributed by atoms with van der Waals surface area (Å²) in [6.45, 7) is 2.85. The van der Waals surface area contributed by atoms with Crippen LogP contribution in [0, 0.1) is 5.92 Å². The SMILES string of the molecule is Cn1cccc1C(=O)N1Cc2ccnn2CCC1COCC1CCCC1. The lowest BCUT2D eigenvalue weighted by atomic mass is 10.1. The Labute approximate surface area is 154 Å². The van der Waals surface area contributed by atoms with Crippen LogP contribution in [0.3, 0.4) is 0 Å². The Morgan fingerprint density at radius 2 is 2.08 bits per heavy atom. The molecule has 1 unspecified atom stereocenters. The average Bonchev–Trinajstić information content (AvgIpc) is 3.37. The van der Waals surface area contributed by atoms with Gasteiger partial charge in [-0.25, -0.2) is 0 Å². The predicted molar refractivity (Wildman–Crippen MR) is 98.7 cm³/mol. The van der Waals surface area contributed by atoms with E-state index in [-0.39, 0.29) is 11.9 Å². The molecular weight excluding hydrogens is 328 g/mol. The summed E-state index contributed by atoms with van der Waals surface area (Å²) in [5, 5.41) is 4.40. The molecule has 1 aliphatic carbocycles. The average molecular weight is 356 g/mol. The minimum absolute atomic E-state index is 0.0709. The predicted octanol–water partition coefficient (Wildman–Crippen LogP) is 2.84. The number of rotatable bonds is 5. The van der Waals surface area contributed by atoms with Gasteiger partial charge in [-0.2, -0.15) is 5.10 Å². The summed E-state index contributed by atoms with van der Waals surface area (Å²) in [5.41, 5.74) is 1.81. The summed E-state index contributed by atoms with van der Waals surface area (Å²) in [4.78, 5) is 15.2. The Balaban J connectivity index is 1.49. The molecule has 3 heterocycles. The van der Waals surface area contributed by atoms with E-state index < -0.39 is 0 Å². The molecular formula is C20H28N4O2. The number of aromatic nitrogens is 3. The van der Waals surface area contributed by atoms with Crippen LogP contribution in [0.15, 0.2) is 30.6 Å². The van der Waals surface area contributed by atoms with Crippen molar-refractivity contribution < 1.29 is 9.53 Å². The Bertz CT molecular complexity index is 745. The van der Waals surface area contributed by atoms with Gasteiger partial charge in [0, 0.05) is 32.6 Å². The van der Waals surface area contributed by atoms with Gasteiger partial charge < -0.3 is 14.2 Å². The quantitative estimate of drug-likeness (QED) is 0.828. The maximum Gasteiger partial charge on any atom is 0.271 e. The molecule has 0 spiro atoms. The fourth-order valence-electron chi connectivity index (χ4n) is 4.22. The largest absolute Gasteiger partial charge is 0.379 e. The summed E-state index contributed by atoms with van der Waals surface area (Å²) < 4.78 is 9.99. The van der Waals surface area contributed by atoms with Crippen LogP contribution >= 0.6 is 0 Å². The number of ether oxygens (including phenoxy) is 1.